The van der Waals surface area contributed by atoms with Crippen LogP contribution in [-0.4, -0.2) is 16.0 Å². The highest BCUT2D eigenvalue weighted by Crippen LogP contribution is 2.33. The molecule has 0 radical (unpaired) electrons. The molecule has 5 nitrogen and oxygen atoms in total. The van der Waals surface area contributed by atoms with Crippen molar-refractivity contribution in [1.29, 1.82) is 0 Å². The van der Waals surface area contributed by atoms with Gasteiger partial charge in [0, 0.05) is 17.8 Å². The van der Waals surface area contributed by atoms with Gasteiger partial charge in [0.1, 0.15) is 17.3 Å². The summed E-state index contributed by atoms with van der Waals surface area (Å²) < 4.78 is 19.6. The molecule has 110 valence electrons. The smallest absolute Gasteiger partial charge is 0.175 e. The zero-order valence-electron chi connectivity index (χ0n) is 11.4. The molecule has 0 unspecified atom stereocenters. The topological polar surface area (TPSA) is 80.7 Å². The number of rotatable bonds is 3. The highest BCUT2D eigenvalue weighted by atomic mass is 79.9. The van der Waals surface area contributed by atoms with Crippen LogP contribution in [0.25, 0.3) is 0 Å². The third kappa shape index (κ3) is 3.30. The van der Waals surface area contributed by atoms with Crippen LogP contribution >= 0.6 is 15.9 Å². The number of hydrogen-bond donors (Lipinski definition) is 2. The highest BCUT2D eigenvalue weighted by Gasteiger charge is 2.16. The molecule has 0 bridgehead atoms. The molecule has 1 heterocycles. The Bertz CT molecular complexity index is 720. The van der Waals surface area contributed by atoms with Crippen LogP contribution in [0.3, 0.4) is 0 Å². The molecule has 0 fully saturated rings. The quantitative estimate of drug-likeness (QED) is 0.383. The van der Waals surface area contributed by atoms with Gasteiger partial charge in [0.15, 0.2) is 5.84 Å². The number of nitrogens with zero attached hydrogens (tertiary/aromatic N) is 2. The molecule has 1 aromatic carbocycles. The molecule has 0 atom stereocenters. The summed E-state index contributed by atoms with van der Waals surface area (Å²) in [4.78, 5) is 4.25. The standard InChI is InChI=1S/C14H13BrFN3O2/c1-7-5-12(13(8(2)18-7)14(17)19-20)21-11-6-9(16)3-4-10(11)15/h3-6,20H,1-2H3,(H2,17,19). The van der Waals surface area contributed by atoms with Gasteiger partial charge in [-0.25, -0.2) is 4.39 Å². The molecule has 2 aromatic rings. The normalized spacial score (nSPS) is 11.5. The molecule has 0 aliphatic heterocycles. The summed E-state index contributed by atoms with van der Waals surface area (Å²) in [5.74, 6) is 0.0668. The molecule has 21 heavy (non-hydrogen) atoms. The largest absolute Gasteiger partial charge is 0.455 e. The van der Waals surface area contributed by atoms with Crippen molar-refractivity contribution in [2.75, 3.05) is 0 Å². The third-order valence-electron chi connectivity index (χ3n) is 2.77. The van der Waals surface area contributed by atoms with Crippen LogP contribution in [0.15, 0.2) is 33.9 Å². The molecule has 1 aromatic heterocycles. The maximum atomic E-state index is 13.3. The first-order valence-corrected chi connectivity index (χ1v) is 6.80. The molecule has 0 amide bonds. The van der Waals surface area contributed by atoms with E-state index >= 15 is 0 Å². The Balaban J connectivity index is 2.55. The van der Waals surface area contributed by atoms with Crippen molar-refractivity contribution >= 4 is 21.8 Å². The van der Waals surface area contributed by atoms with E-state index in [2.05, 4.69) is 26.1 Å². The number of aromatic nitrogens is 1. The van der Waals surface area contributed by atoms with Crippen molar-refractivity contribution in [3.8, 4) is 11.5 Å². The van der Waals surface area contributed by atoms with E-state index in [-0.39, 0.29) is 11.6 Å². The number of pyridine rings is 1. The SMILES string of the molecule is Cc1cc(Oc2cc(F)ccc2Br)c(/C(N)=N/O)c(C)n1. The molecular formula is C14H13BrFN3O2. The van der Waals surface area contributed by atoms with Crippen molar-refractivity contribution in [1.82, 2.24) is 4.98 Å². The fraction of sp³-hybridized carbons (Fsp3) is 0.143. The van der Waals surface area contributed by atoms with E-state index in [1.165, 1.54) is 18.2 Å². The number of amidine groups is 1. The van der Waals surface area contributed by atoms with Gasteiger partial charge in [0.05, 0.1) is 15.7 Å². The molecule has 0 aliphatic rings. The Morgan fingerprint density at radius 1 is 1.33 bits per heavy atom. The number of benzene rings is 1. The Hall–Kier alpha value is -2.15. The molecule has 0 aliphatic carbocycles. The maximum Gasteiger partial charge on any atom is 0.175 e. The van der Waals surface area contributed by atoms with Gasteiger partial charge in [-0.05, 0) is 41.9 Å². The number of hydrogen-bond acceptors (Lipinski definition) is 4. The van der Waals surface area contributed by atoms with Gasteiger partial charge >= 0.3 is 0 Å². The monoisotopic (exact) mass is 353 g/mol. The van der Waals surface area contributed by atoms with Crippen LogP contribution in [0.1, 0.15) is 17.0 Å². The lowest BCUT2D eigenvalue weighted by atomic mass is 10.1. The first kappa shape index (κ1) is 15.2. The van der Waals surface area contributed by atoms with E-state index in [1.54, 1.807) is 19.9 Å². The first-order chi connectivity index (χ1) is 9.92. The van der Waals surface area contributed by atoms with Crippen LogP contribution in [0.2, 0.25) is 0 Å². The summed E-state index contributed by atoms with van der Waals surface area (Å²) in [5.41, 5.74) is 7.27. The van der Waals surface area contributed by atoms with Crippen molar-refractivity contribution < 1.29 is 14.3 Å². The predicted octanol–water partition coefficient (Wildman–Crippen LogP) is 3.49. The van der Waals surface area contributed by atoms with Crippen LogP contribution < -0.4 is 10.5 Å². The van der Waals surface area contributed by atoms with Crippen molar-refractivity contribution in [2.45, 2.75) is 13.8 Å². The number of oxime groups is 1. The molecule has 3 N–H and O–H groups in total. The lowest BCUT2D eigenvalue weighted by Gasteiger charge is -2.14. The minimum absolute atomic E-state index is 0.123. The molecule has 0 spiro atoms. The number of halogens is 2. The summed E-state index contributed by atoms with van der Waals surface area (Å²) in [6.07, 6.45) is 0. The summed E-state index contributed by atoms with van der Waals surface area (Å²) in [7, 11) is 0. The van der Waals surface area contributed by atoms with E-state index < -0.39 is 5.82 Å². The first-order valence-electron chi connectivity index (χ1n) is 6.01. The Morgan fingerprint density at radius 2 is 2.05 bits per heavy atom. The van der Waals surface area contributed by atoms with Gasteiger partial charge in [-0.15, -0.1) is 0 Å². The third-order valence-corrected chi connectivity index (χ3v) is 3.42. The van der Waals surface area contributed by atoms with Crippen molar-refractivity contribution in [2.24, 2.45) is 10.9 Å². The van der Waals surface area contributed by atoms with E-state index in [0.29, 0.717) is 27.2 Å². The zero-order valence-corrected chi connectivity index (χ0v) is 13.0. The van der Waals surface area contributed by atoms with Crippen LogP contribution in [0, 0.1) is 19.7 Å². The van der Waals surface area contributed by atoms with Gasteiger partial charge in [-0.2, -0.15) is 0 Å². The van der Waals surface area contributed by atoms with Crippen LogP contribution in [0.4, 0.5) is 4.39 Å². The van der Waals surface area contributed by atoms with E-state index in [0.717, 1.165) is 0 Å². The summed E-state index contributed by atoms with van der Waals surface area (Å²) in [5, 5.41) is 11.9. The second-order valence-electron chi connectivity index (χ2n) is 4.38. The van der Waals surface area contributed by atoms with Crippen molar-refractivity contribution in [3.05, 3.63) is 51.5 Å². The van der Waals surface area contributed by atoms with Gasteiger partial charge in [0.25, 0.3) is 0 Å². The lowest BCUT2D eigenvalue weighted by Crippen LogP contribution is -2.17. The lowest BCUT2D eigenvalue weighted by molar-refractivity contribution is 0.318. The second-order valence-corrected chi connectivity index (χ2v) is 5.24. The highest BCUT2D eigenvalue weighted by molar-refractivity contribution is 9.10. The average Bonchev–Trinajstić information content (AvgIpc) is 2.41. The molecule has 2 rings (SSSR count). The minimum atomic E-state index is -0.430. The Kier molecular flexibility index (Phi) is 4.42. The fourth-order valence-corrected chi connectivity index (χ4v) is 2.24. The van der Waals surface area contributed by atoms with Gasteiger partial charge in [-0.3, -0.25) is 4.98 Å². The van der Waals surface area contributed by atoms with Gasteiger partial charge in [-0.1, -0.05) is 5.16 Å². The zero-order chi connectivity index (χ0) is 15.6. The van der Waals surface area contributed by atoms with E-state index in [1.807, 2.05) is 0 Å². The number of nitrogens with two attached hydrogens (primary N) is 1. The molecule has 0 saturated heterocycles. The Labute approximate surface area is 129 Å². The minimum Gasteiger partial charge on any atom is -0.455 e. The summed E-state index contributed by atoms with van der Waals surface area (Å²) in [6.45, 7) is 3.50. The predicted molar refractivity (Wildman–Crippen MR) is 80.4 cm³/mol. The average molecular weight is 354 g/mol. The summed E-state index contributed by atoms with van der Waals surface area (Å²) >= 11 is 3.29. The van der Waals surface area contributed by atoms with Gasteiger partial charge in [0.2, 0.25) is 0 Å². The molecular weight excluding hydrogens is 341 g/mol. The number of aryl methyl sites for hydroxylation is 2. The van der Waals surface area contributed by atoms with Crippen molar-refractivity contribution in [3.63, 3.8) is 0 Å². The second kappa shape index (κ2) is 6.09. The van der Waals surface area contributed by atoms with Gasteiger partial charge < -0.3 is 15.7 Å². The summed E-state index contributed by atoms with van der Waals surface area (Å²) in [6, 6.07) is 5.72. The Morgan fingerprint density at radius 3 is 2.71 bits per heavy atom. The number of ether oxygens (including phenoxy) is 1. The van der Waals surface area contributed by atoms with E-state index in [9.17, 15) is 4.39 Å². The molecule has 0 saturated carbocycles. The maximum absolute atomic E-state index is 13.3. The van der Waals surface area contributed by atoms with Crippen LogP contribution in [-0.2, 0) is 0 Å². The molecule has 7 heteroatoms. The van der Waals surface area contributed by atoms with Crippen LogP contribution in [0.5, 0.6) is 11.5 Å². The van der Waals surface area contributed by atoms with E-state index in [4.69, 9.17) is 15.7 Å². The fourth-order valence-electron chi connectivity index (χ4n) is 1.91.